The van der Waals surface area contributed by atoms with Crippen LogP contribution in [0, 0.1) is 11.8 Å². The van der Waals surface area contributed by atoms with Crippen molar-refractivity contribution in [1.82, 2.24) is 4.90 Å². The summed E-state index contributed by atoms with van der Waals surface area (Å²) in [6.45, 7) is 6.72. The van der Waals surface area contributed by atoms with Crippen molar-refractivity contribution in [3.8, 4) is 0 Å². The normalized spacial score (nSPS) is 36.9. The molecule has 0 aromatic rings. The van der Waals surface area contributed by atoms with Crippen molar-refractivity contribution >= 4 is 0 Å². The highest BCUT2D eigenvalue weighted by Crippen LogP contribution is 2.29. The van der Waals surface area contributed by atoms with Crippen molar-refractivity contribution < 1.29 is 5.11 Å². The van der Waals surface area contributed by atoms with E-state index in [2.05, 4.69) is 25.7 Å². The lowest BCUT2D eigenvalue weighted by molar-refractivity contribution is -0.0564. The largest absolute Gasteiger partial charge is 0.378 e. The molecule has 0 saturated carbocycles. The molecule has 1 fully saturated rings. The fourth-order valence-corrected chi connectivity index (χ4v) is 2.36. The Hall–Kier alpha value is -0.0800. The molecule has 1 aliphatic rings. The van der Waals surface area contributed by atoms with Crippen molar-refractivity contribution in [1.29, 1.82) is 0 Å². The van der Waals surface area contributed by atoms with E-state index in [0.29, 0.717) is 6.04 Å². The van der Waals surface area contributed by atoms with Gasteiger partial charge in [-0.3, -0.25) is 4.90 Å². The Morgan fingerprint density at radius 1 is 1.38 bits per heavy atom. The van der Waals surface area contributed by atoms with Crippen LogP contribution in [0.2, 0.25) is 0 Å². The van der Waals surface area contributed by atoms with Gasteiger partial charge in [0, 0.05) is 6.04 Å². The molecule has 1 N–H and O–H groups in total. The van der Waals surface area contributed by atoms with Gasteiger partial charge in [-0.2, -0.15) is 0 Å². The molecule has 2 nitrogen and oxygen atoms in total. The molecule has 0 aromatic heterocycles. The summed E-state index contributed by atoms with van der Waals surface area (Å²) in [5.41, 5.74) is 0. The number of nitrogens with zero attached hydrogens (tertiary/aromatic N) is 1. The van der Waals surface area contributed by atoms with Crippen LogP contribution in [-0.4, -0.2) is 29.3 Å². The first-order valence-corrected chi connectivity index (χ1v) is 5.40. The number of hydrogen-bond donors (Lipinski definition) is 1. The Morgan fingerprint density at radius 2 is 2.00 bits per heavy atom. The zero-order valence-corrected chi connectivity index (χ0v) is 9.33. The van der Waals surface area contributed by atoms with Gasteiger partial charge in [0.1, 0.15) is 6.23 Å². The van der Waals surface area contributed by atoms with Gasteiger partial charge in [0.05, 0.1) is 0 Å². The van der Waals surface area contributed by atoms with Crippen LogP contribution >= 0.6 is 0 Å². The molecule has 0 radical (unpaired) electrons. The zero-order chi connectivity index (χ0) is 10.0. The van der Waals surface area contributed by atoms with Crippen LogP contribution in [0.4, 0.5) is 0 Å². The predicted octanol–water partition coefficient (Wildman–Crippen LogP) is 2.08. The topological polar surface area (TPSA) is 23.5 Å². The summed E-state index contributed by atoms with van der Waals surface area (Å²) in [7, 11) is 2.01. The molecule has 0 unspecified atom stereocenters. The minimum atomic E-state index is -0.215. The van der Waals surface area contributed by atoms with Gasteiger partial charge in [-0.1, -0.05) is 13.8 Å². The monoisotopic (exact) mass is 185 g/mol. The first kappa shape index (κ1) is 11.0. The summed E-state index contributed by atoms with van der Waals surface area (Å²) in [6.07, 6.45) is 3.24. The number of rotatable bonds is 2. The smallest absolute Gasteiger partial charge is 0.107 e. The second kappa shape index (κ2) is 4.43. The van der Waals surface area contributed by atoms with E-state index < -0.39 is 0 Å². The highest BCUT2D eigenvalue weighted by Gasteiger charge is 2.29. The molecule has 1 saturated heterocycles. The molecule has 1 rings (SSSR count). The minimum Gasteiger partial charge on any atom is -0.378 e. The van der Waals surface area contributed by atoms with E-state index in [0.717, 1.165) is 18.3 Å². The highest BCUT2D eigenvalue weighted by atomic mass is 16.3. The predicted molar refractivity (Wildman–Crippen MR) is 55.4 cm³/mol. The van der Waals surface area contributed by atoms with E-state index in [1.165, 1.54) is 12.8 Å². The van der Waals surface area contributed by atoms with Crippen LogP contribution in [0.3, 0.4) is 0 Å². The molecule has 78 valence electrons. The van der Waals surface area contributed by atoms with Crippen LogP contribution < -0.4 is 0 Å². The zero-order valence-electron chi connectivity index (χ0n) is 9.33. The second-order valence-electron chi connectivity index (χ2n) is 4.96. The van der Waals surface area contributed by atoms with Gasteiger partial charge in [-0.15, -0.1) is 0 Å². The quantitative estimate of drug-likeness (QED) is 0.712. The first-order chi connectivity index (χ1) is 6.00. The number of piperidine rings is 1. The van der Waals surface area contributed by atoms with Gasteiger partial charge >= 0.3 is 0 Å². The lowest BCUT2D eigenvalue weighted by atomic mass is 9.85. The Labute approximate surface area is 81.9 Å². The Bertz CT molecular complexity index is 146. The van der Waals surface area contributed by atoms with E-state index in [1.54, 1.807) is 0 Å². The van der Waals surface area contributed by atoms with E-state index in [9.17, 15) is 5.11 Å². The van der Waals surface area contributed by atoms with Crippen molar-refractivity contribution in [3.63, 3.8) is 0 Å². The van der Waals surface area contributed by atoms with Gasteiger partial charge in [0.15, 0.2) is 0 Å². The highest BCUT2D eigenvalue weighted by molar-refractivity contribution is 4.79. The van der Waals surface area contributed by atoms with Crippen LogP contribution in [0.5, 0.6) is 0 Å². The summed E-state index contributed by atoms with van der Waals surface area (Å²) in [5, 5.41) is 9.76. The molecule has 13 heavy (non-hydrogen) atoms. The third kappa shape index (κ3) is 2.96. The Balaban J connectivity index is 2.44. The fraction of sp³-hybridized carbons (Fsp3) is 1.00. The maximum atomic E-state index is 9.76. The van der Waals surface area contributed by atoms with Gasteiger partial charge in [0.2, 0.25) is 0 Å². The van der Waals surface area contributed by atoms with Gasteiger partial charge in [-0.05, 0) is 45.1 Å². The van der Waals surface area contributed by atoms with Crippen LogP contribution in [0.1, 0.15) is 40.0 Å². The van der Waals surface area contributed by atoms with Crippen molar-refractivity contribution in [2.24, 2.45) is 11.8 Å². The second-order valence-corrected chi connectivity index (χ2v) is 4.96. The Kier molecular flexibility index (Phi) is 3.74. The lowest BCUT2D eigenvalue weighted by Crippen LogP contribution is -2.45. The van der Waals surface area contributed by atoms with Crippen molar-refractivity contribution in [2.45, 2.75) is 52.3 Å². The van der Waals surface area contributed by atoms with Crippen LogP contribution in [0.15, 0.2) is 0 Å². The molecule has 0 aromatic carbocycles. The van der Waals surface area contributed by atoms with Gasteiger partial charge < -0.3 is 5.11 Å². The molecule has 1 heterocycles. The number of likely N-dealkylation sites (tertiary alicyclic amines) is 1. The first-order valence-electron chi connectivity index (χ1n) is 5.40. The molecular weight excluding hydrogens is 162 g/mol. The average Bonchev–Trinajstić information content (AvgIpc) is 1.98. The lowest BCUT2D eigenvalue weighted by Gasteiger charge is -2.39. The van der Waals surface area contributed by atoms with E-state index in [4.69, 9.17) is 0 Å². The number of aliphatic hydroxyl groups is 1. The molecule has 0 amide bonds. The third-order valence-corrected chi connectivity index (χ3v) is 3.19. The van der Waals surface area contributed by atoms with Crippen molar-refractivity contribution in [2.75, 3.05) is 7.05 Å². The molecule has 0 aliphatic carbocycles. The molecule has 0 bridgehead atoms. The summed E-state index contributed by atoms with van der Waals surface area (Å²) in [5.74, 6) is 1.48. The maximum Gasteiger partial charge on any atom is 0.107 e. The summed E-state index contributed by atoms with van der Waals surface area (Å²) in [4.78, 5) is 2.08. The molecular formula is C11H23NO. The van der Waals surface area contributed by atoms with Gasteiger partial charge in [0.25, 0.3) is 0 Å². The standard InChI is InChI=1S/C11H23NO/c1-8(2)5-10-6-9(3)12(4)11(13)7-10/h8-11,13H,5-7H2,1-4H3/t9-,10-,11+/m1/s1. The van der Waals surface area contributed by atoms with Gasteiger partial charge in [-0.25, -0.2) is 0 Å². The SMILES string of the molecule is CC(C)C[C@@H]1C[C@@H](C)N(C)[C@@H](O)C1. The van der Waals surface area contributed by atoms with E-state index in [1.807, 2.05) is 7.05 Å². The molecule has 1 aliphatic heterocycles. The molecule has 0 spiro atoms. The summed E-state index contributed by atoms with van der Waals surface area (Å²) >= 11 is 0. The summed E-state index contributed by atoms with van der Waals surface area (Å²) in [6, 6.07) is 0.535. The maximum absolute atomic E-state index is 9.76. The number of aliphatic hydroxyl groups excluding tert-OH is 1. The number of hydrogen-bond acceptors (Lipinski definition) is 2. The van der Waals surface area contributed by atoms with Crippen molar-refractivity contribution in [3.05, 3.63) is 0 Å². The van der Waals surface area contributed by atoms with E-state index in [-0.39, 0.29) is 6.23 Å². The third-order valence-electron chi connectivity index (χ3n) is 3.19. The molecule has 2 heteroatoms. The van der Waals surface area contributed by atoms with Crippen LogP contribution in [0.25, 0.3) is 0 Å². The summed E-state index contributed by atoms with van der Waals surface area (Å²) < 4.78 is 0. The fourth-order valence-electron chi connectivity index (χ4n) is 2.36. The van der Waals surface area contributed by atoms with E-state index >= 15 is 0 Å². The minimum absolute atomic E-state index is 0.215. The van der Waals surface area contributed by atoms with Crippen LogP contribution in [-0.2, 0) is 0 Å². The average molecular weight is 185 g/mol. The Morgan fingerprint density at radius 3 is 2.46 bits per heavy atom. The molecule has 3 atom stereocenters.